The van der Waals surface area contributed by atoms with Gasteiger partial charge in [0.1, 0.15) is 0 Å². The van der Waals surface area contributed by atoms with Gasteiger partial charge in [0, 0.05) is 25.2 Å². The number of rotatable bonds is 3. The largest absolute Gasteiger partial charge is 0.391 e. The molecule has 1 N–H and O–H groups in total. The molecule has 2 unspecified atom stereocenters. The molecule has 1 aliphatic rings. The smallest absolute Gasteiger partial charge is 0.269 e. The maximum Gasteiger partial charge on any atom is 0.269 e. The minimum atomic E-state index is -3.71. The number of aliphatic hydroxyl groups excluding tert-OH is 1. The number of non-ortho nitro benzene ring substituents is 1. The molecule has 1 aromatic carbocycles. The molecule has 2 atom stereocenters. The summed E-state index contributed by atoms with van der Waals surface area (Å²) in [6, 6.07) is 4.77. The van der Waals surface area contributed by atoms with Crippen LogP contribution in [0.15, 0.2) is 29.2 Å². The van der Waals surface area contributed by atoms with Gasteiger partial charge in [-0.25, -0.2) is 8.42 Å². The van der Waals surface area contributed by atoms with E-state index in [1.807, 2.05) is 6.92 Å². The molecule has 0 aliphatic carbocycles. The zero-order chi connectivity index (χ0) is 14.9. The fourth-order valence-corrected chi connectivity index (χ4v) is 3.60. The first kappa shape index (κ1) is 14.9. The topological polar surface area (TPSA) is 101 Å². The Morgan fingerprint density at radius 3 is 2.45 bits per heavy atom. The van der Waals surface area contributed by atoms with Gasteiger partial charge in [0.05, 0.1) is 15.9 Å². The Labute approximate surface area is 117 Å². The third kappa shape index (κ3) is 2.82. The highest BCUT2D eigenvalue weighted by Gasteiger charge is 2.32. The number of sulfonamides is 1. The van der Waals surface area contributed by atoms with Crippen molar-refractivity contribution in [2.45, 2.75) is 24.3 Å². The van der Waals surface area contributed by atoms with Crippen LogP contribution in [0.5, 0.6) is 0 Å². The third-order valence-electron chi connectivity index (χ3n) is 3.57. The van der Waals surface area contributed by atoms with E-state index in [0.29, 0.717) is 13.0 Å². The quantitative estimate of drug-likeness (QED) is 0.662. The Kier molecular flexibility index (Phi) is 4.07. The number of aliphatic hydroxyl groups is 1. The summed E-state index contributed by atoms with van der Waals surface area (Å²) < 4.78 is 26.0. The lowest BCUT2D eigenvalue weighted by Gasteiger charge is -2.33. The molecular formula is C12H16N2O5S. The van der Waals surface area contributed by atoms with E-state index in [-0.39, 0.29) is 23.0 Å². The summed E-state index contributed by atoms with van der Waals surface area (Å²) in [5.41, 5.74) is -0.156. The Bertz CT molecular complexity index is 599. The molecule has 1 aliphatic heterocycles. The fourth-order valence-electron chi connectivity index (χ4n) is 2.13. The van der Waals surface area contributed by atoms with Crippen LogP contribution in [0.3, 0.4) is 0 Å². The van der Waals surface area contributed by atoms with Gasteiger partial charge in [-0.2, -0.15) is 4.31 Å². The highest BCUT2D eigenvalue weighted by molar-refractivity contribution is 7.89. The summed E-state index contributed by atoms with van der Waals surface area (Å²) >= 11 is 0. The number of benzene rings is 1. The monoisotopic (exact) mass is 300 g/mol. The first-order chi connectivity index (χ1) is 9.32. The van der Waals surface area contributed by atoms with Crippen LogP contribution in [0.4, 0.5) is 5.69 Å². The van der Waals surface area contributed by atoms with E-state index in [9.17, 15) is 23.6 Å². The van der Waals surface area contributed by atoms with Crippen LogP contribution in [-0.4, -0.2) is 41.9 Å². The molecule has 1 fully saturated rings. The van der Waals surface area contributed by atoms with Crippen molar-refractivity contribution in [3.05, 3.63) is 34.4 Å². The van der Waals surface area contributed by atoms with Crippen LogP contribution in [-0.2, 0) is 10.0 Å². The first-order valence-corrected chi connectivity index (χ1v) is 7.69. The van der Waals surface area contributed by atoms with Crippen molar-refractivity contribution in [2.24, 2.45) is 5.92 Å². The van der Waals surface area contributed by atoms with E-state index in [2.05, 4.69) is 0 Å². The molecule has 0 spiro atoms. The van der Waals surface area contributed by atoms with Gasteiger partial charge in [0.2, 0.25) is 10.0 Å². The van der Waals surface area contributed by atoms with E-state index >= 15 is 0 Å². The summed E-state index contributed by atoms with van der Waals surface area (Å²) in [6.07, 6.45) is -0.0931. The fraction of sp³-hybridized carbons (Fsp3) is 0.500. The maximum atomic E-state index is 12.4. The van der Waals surface area contributed by atoms with Crippen LogP contribution in [0, 0.1) is 16.0 Å². The van der Waals surface area contributed by atoms with E-state index in [1.54, 1.807) is 0 Å². The Hall–Kier alpha value is -1.51. The number of hydrogen-bond acceptors (Lipinski definition) is 5. The Balaban J connectivity index is 2.24. The van der Waals surface area contributed by atoms with Crippen LogP contribution >= 0.6 is 0 Å². The predicted octanol–water partition coefficient (Wildman–Crippen LogP) is 0.986. The molecule has 1 aromatic rings. The van der Waals surface area contributed by atoms with Crippen molar-refractivity contribution >= 4 is 15.7 Å². The summed E-state index contributed by atoms with van der Waals surface area (Å²) in [5.74, 6) is 0.0679. The summed E-state index contributed by atoms with van der Waals surface area (Å²) in [5, 5.41) is 20.3. The summed E-state index contributed by atoms with van der Waals surface area (Å²) in [4.78, 5) is 9.98. The van der Waals surface area contributed by atoms with Crippen LogP contribution in [0.2, 0.25) is 0 Å². The molecule has 0 amide bonds. The molecule has 8 heteroatoms. The zero-order valence-corrected chi connectivity index (χ0v) is 11.8. The van der Waals surface area contributed by atoms with Gasteiger partial charge >= 0.3 is 0 Å². The van der Waals surface area contributed by atoms with Gasteiger partial charge in [-0.05, 0) is 24.5 Å². The van der Waals surface area contributed by atoms with Gasteiger partial charge in [-0.3, -0.25) is 10.1 Å². The number of hydrogen-bond donors (Lipinski definition) is 1. The van der Waals surface area contributed by atoms with Crippen molar-refractivity contribution < 1.29 is 18.4 Å². The van der Waals surface area contributed by atoms with E-state index in [4.69, 9.17) is 0 Å². The molecule has 110 valence electrons. The molecule has 0 aromatic heterocycles. The molecule has 1 saturated heterocycles. The van der Waals surface area contributed by atoms with Crippen LogP contribution < -0.4 is 0 Å². The minimum absolute atomic E-state index is 0.00449. The molecule has 7 nitrogen and oxygen atoms in total. The van der Waals surface area contributed by atoms with E-state index in [0.717, 1.165) is 12.1 Å². The number of nitro benzene ring substituents is 1. The van der Waals surface area contributed by atoms with Crippen molar-refractivity contribution in [1.29, 1.82) is 0 Å². The van der Waals surface area contributed by atoms with Crippen molar-refractivity contribution in [2.75, 3.05) is 13.1 Å². The SMILES string of the molecule is CC1CCN(S(=O)(=O)c2ccc([N+](=O)[O-])cc2)CC1O. The minimum Gasteiger partial charge on any atom is -0.391 e. The van der Waals surface area contributed by atoms with E-state index < -0.39 is 21.1 Å². The Morgan fingerprint density at radius 2 is 1.95 bits per heavy atom. The lowest BCUT2D eigenvalue weighted by molar-refractivity contribution is -0.384. The van der Waals surface area contributed by atoms with Crippen molar-refractivity contribution in [1.82, 2.24) is 4.31 Å². The molecular weight excluding hydrogens is 284 g/mol. The third-order valence-corrected chi connectivity index (χ3v) is 5.45. The highest BCUT2D eigenvalue weighted by Crippen LogP contribution is 2.25. The van der Waals surface area contributed by atoms with Crippen LogP contribution in [0.1, 0.15) is 13.3 Å². The van der Waals surface area contributed by atoms with Gasteiger partial charge in [0.25, 0.3) is 5.69 Å². The van der Waals surface area contributed by atoms with Gasteiger partial charge in [-0.15, -0.1) is 0 Å². The van der Waals surface area contributed by atoms with Crippen molar-refractivity contribution in [3.63, 3.8) is 0 Å². The van der Waals surface area contributed by atoms with Crippen molar-refractivity contribution in [3.8, 4) is 0 Å². The second-order valence-electron chi connectivity index (χ2n) is 4.95. The second kappa shape index (κ2) is 5.47. The van der Waals surface area contributed by atoms with Gasteiger partial charge in [-0.1, -0.05) is 6.92 Å². The zero-order valence-electron chi connectivity index (χ0n) is 11.0. The lowest BCUT2D eigenvalue weighted by atomic mass is 9.98. The van der Waals surface area contributed by atoms with Gasteiger partial charge < -0.3 is 5.11 Å². The number of β-amino-alcohol motifs (C(OH)–C–C–N with tert-alkyl or cyclic N) is 1. The maximum absolute atomic E-state index is 12.4. The van der Waals surface area contributed by atoms with E-state index in [1.165, 1.54) is 16.4 Å². The molecule has 2 rings (SSSR count). The van der Waals surface area contributed by atoms with Crippen LogP contribution in [0.25, 0.3) is 0 Å². The standard InChI is InChI=1S/C12H16N2O5S/c1-9-6-7-13(8-12(9)15)20(18,19)11-4-2-10(3-5-11)14(16)17/h2-5,9,12,15H,6-8H2,1H3. The lowest BCUT2D eigenvalue weighted by Crippen LogP contribution is -2.45. The summed E-state index contributed by atoms with van der Waals surface area (Å²) in [6.45, 7) is 2.28. The molecule has 0 saturated carbocycles. The molecule has 0 radical (unpaired) electrons. The molecule has 1 heterocycles. The second-order valence-corrected chi connectivity index (χ2v) is 6.89. The highest BCUT2D eigenvalue weighted by atomic mass is 32.2. The summed E-state index contributed by atoms with van der Waals surface area (Å²) in [7, 11) is -3.71. The first-order valence-electron chi connectivity index (χ1n) is 6.25. The number of nitrogens with zero attached hydrogens (tertiary/aromatic N) is 2. The van der Waals surface area contributed by atoms with Gasteiger partial charge in [0.15, 0.2) is 0 Å². The average Bonchev–Trinajstić information content (AvgIpc) is 2.41. The number of piperidine rings is 1. The normalized spacial score (nSPS) is 24.5. The predicted molar refractivity (Wildman–Crippen MR) is 71.6 cm³/mol. The molecule has 20 heavy (non-hydrogen) atoms. The Morgan fingerprint density at radius 1 is 1.35 bits per heavy atom. The number of nitro groups is 1. The average molecular weight is 300 g/mol. The molecule has 0 bridgehead atoms.